The summed E-state index contributed by atoms with van der Waals surface area (Å²) in [4.78, 5) is 13.5. The standard InChI is InChI=1S/C12H18N6/c1-13-5-6-18(2)12-7-11(15-9-16-12)17-10-3-4-14-8-10/h3-4,7-9,13-14H,5-6H2,1-2H3,(H,15,16,17). The van der Waals surface area contributed by atoms with Crippen LogP contribution in [0.3, 0.4) is 0 Å². The van der Waals surface area contributed by atoms with Crippen LogP contribution in [0.25, 0.3) is 0 Å². The van der Waals surface area contributed by atoms with Crippen molar-refractivity contribution in [1.82, 2.24) is 20.3 Å². The predicted octanol–water partition coefficient (Wildman–Crippen LogP) is 1.20. The summed E-state index contributed by atoms with van der Waals surface area (Å²) in [7, 11) is 3.95. The van der Waals surface area contributed by atoms with Crippen LogP contribution in [0.15, 0.2) is 30.9 Å². The first kappa shape index (κ1) is 12.4. The van der Waals surface area contributed by atoms with Gasteiger partial charge in [0.2, 0.25) is 0 Å². The molecule has 0 fully saturated rings. The van der Waals surface area contributed by atoms with Crippen LogP contribution in [0.1, 0.15) is 0 Å². The number of nitrogens with one attached hydrogen (secondary N) is 3. The fourth-order valence-electron chi connectivity index (χ4n) is 1.57. The summed E-state index contributed by atoms with van der Waals surface area (Å²) in [5, 5.41) is 6.33. The van der Waals surface area contributed by atoms with Crippen LogP contribution in [-0.2, 0) is 0 Å². The SMILES string of the molecule is CNCCN(C)c1cc(Nc2cc[nH]c2)ncn1. The lowest BCUT2D eigenvalue weighted by Crippen LogP contribution is -2.27. The lowest BCUT2D eigenvalue weighted by Gasteiger charge is -2.18. The Balaban J connectivity index is 2.05. The number of hydrogen-bond acceptors (Lipinski definition) is 5. The quantitative estimate of drug-likeness (QED) is 0.714. The second-order valence-electron chi connectivity index (χ2n) is 4.01. The maximum atomic E-state index is 4.26. The summed E-state index contributed by atoms with van der Waals surface area (Å²) in [6, 6.07) is 3.88. The molecule has 0 amide bonds. The van der Waals surface area contributed by atoms with E-state index in [1.807, 2.05) is 38.6 Å². The fraction of sp³-hybridized carbons (Fsp3) is 0.333. The van der Waals surface area contributed by atoms with E-state index < -0.39 is 0 Å². The summed E-state index contributed by atoms with van der Waals surface area (Å²) in [6.07, 6.45) is 5.32. The van der Waals surface area contributed by atoms with Crippen LogP contribution < -0.4 is 15.5 Å². The Labute approximate surface area is 106 Å². The van der Waals surface area contributed by atoms with E-state index in [0.29, 0.717) is 0 Å². The number of likely N-dealkylation sites (N-methyl/N-ethyl adjacent to an activating group) is 2. The summed E-state index contributed by atoms with van der Waals surface area (Å²) in [5.74, 6) is 1.69. The number of aromatic amines is 1. The molecule has 0 spiro atoms. The van der Waals surface area contributed by atoms with Crippen molar-refractivity contribution in [2.24, 2.45) is 0 Å². The van der Waals surface area contributed by atoms with Crippen LogP contribution in [0.5, 0.6) is 0 Å². The van der Waals surface area contributed by atoms with E-state index >= 15 is 0 Å². The van der Waals surface area contributed by atoms with Gasteiger partial charge in [-0.3, -0.25) is 0 Å². The van der Waals surface area contributed by atoms with Crippen molar-refractivity contribution in [3.05, 3.63) is 30.9 Å². The van der Waals surface area contributed by atoms with Gasteiger partial charge in [-0.15, -0.1) is 0 Å². The minimum atomic E-state index is 0.788. The molecule has 18 heavy (non-hydrogen) atoms. The molecule has 0 bridgehead atoms. The topological polar surface area (TPSA) is 68.9 Å². The molecule has 3 N–H and O–H groups in total. The minimum absolute atomic E-state index is 0.788. The van der Waals surface area contributed by atoms with E-state index in [2.05, 4.69) is 30.5 Å². The third-order valence-electron chi connectivity index (χ3n) is 2.61. The van der Waals surface area contributed by atoms with Crippen LogP contribution in [0, 0.1) is 0 Å². The second-order valence-corrected chi connectivity index (χ2v) is 4.01. The molecule has 0 atom stereocenters. The van der Waals surface area contributed by atoms with Gasteiger partial charge in [0.05, 0.1) is 5.69 Å². The van der Waals surface area contributed by atoms with Gasteiger partial charge in [0.1, 0.15) is 18.0 Å². The van der Waals surface area contributed by atoms with Crippen LogP contribution in [0.4, 0.5) is 17.3 Å². The number of nitrogens with zero attached hydrogens (tertiary/aromatic N) is 3. The molecule has 0 aliphatic rings. The summed E-state index contributed by atoms with van der Waals surface area (Å²) >= 11 is 0. The number of rotatable bonds is 6. The van der Waals surface area contributed by atoms with E-state index in [1.54, 1.807) is 6.33 Å². The maximum absolute atomic E-state index is 4.26. The highest BCUT2D eigenvalue weighted by molar-refractivity contribution is 5.58. The average molecular weight is 246 g/mol. The van der Waals surface area contributed by atoms with Crippen molar-refractivity contribution in [3.63, 3.8) is 0 Å². The van der Waals surface area contributed by atoms with Gasteiger partial charge in [-0.05, 0) is 13.1 Å². The van der Waals surface area contributed by atoms with Crippen molar-refractivity contribution in [2.45, 2.75) is 0 Å². The van der Waals surface area contributed by atoms with E-state index in [-0.39, 0.29) is 0 Å². The van der Waals surface area contributed by atoms with E-state index in [9.17, 15) is 0 Å². The monoisotopic (exact) mass is 246 g/mol. The second kappa shape index (κ2) is 6.02. The predicted molar refractivity (Wildman–Crippen MR) is 73.3 cm³/mol. The molecule has 6 heteroatoms. The molecule has 0 radical (unpaired) electrons. The Morgan fingerprint density at radius 3 is 3.00 bits per heavy atom. The van der Waals surface area contributed by atoms with Gasteiger partial charge in [0.15, 0.2) is 0 Å². The maximum Gasteiger partial charge on any atom is 0.135 e. The Bertz CT molecular complexity index is 467. The van der Waals surface area contributed by atoms with Gasteiger partial charge in [-0.1, -0.05) is 0 Å². The number of aromatic nitrogens is 3. The molecule has 2 aromatic rings. The zero-order valence-corrected chi connectivity index (χ0v) is 10.6. The molecular weight excluding hydrogens is 228 g/mol. The molecule has 2 aromatic heterocycles. The van der Waals surface area contributed by atoms with Crippen molar-refractivity contribution < 1.29 is 0 Å². The van der Waals surface area contributed by atoms with Crippen LogP contribution in [0.2, 0.25) is 0 Å². The van der Waals surface area contributed by atoms with Gasteiger partial charge in [0.25, 0.3) is 0 Å². The van der Waals surface area contributed by atoms with Gasteiger partial charge in [0, 0.05) is 38.6 Å². The lowest BCUT2D eigenvalue weighted by atomic mass is 10.4. The molecule has 2 rings (SSSR count). The van der Waals surface area contributed by atoms with E-state index in [4.69, 9.17) is 0 Å². The molecule has 0 saturated carbocycles. The third-order valence-corrected chi connectivity index (χ3v) is 2.61. The molecular formula is C12H18N6. The van der Waals surface area contributed by atoms with Gasteiger partial charge < -0.3 is 20.5 Å². The lowest BCUT2D eigenvalue weighted by molar-refractivity contribution is 0.760. The Hall–Kier alpha value is -2.08. The molecule has 0 saturated heterocycles. The third kappa shape index (κ3) is 3.21. The normalized spacial score (nSPS) is 10.3. The molecule has 0 aliphatic carbocycles. The van der Waals surface area contributed by atoms with Gasteiger partial charge in [-0.2, -0.15) is 0 Å². The highest BCUT2D eigenvalue weighted by Gasteiger charge is 2.04. The van der Waals surface area contributed by atoms with E-state index in [0.717, 1.165) is 30.4 Å². The highest BCUT2D eigenvalue weighted by atomic mass is 15.2. The van der Waals surface area contributed by atoms with Crippen LogP contribution >= 0.6 is 0 Å². The number of anilines is 3. The molecule has 0 aliphatic heterocycles. The smallest absolute Gasteiger partial charge is 0.135 e. The fourth-order valence-corrected chi connectivity index (χ4v) is 1.57. The van der Waals surface area contributed by atoms with Crippen molar-refractivity contribution in [3.8, 4) is 0 Å². The molecule has 2 heterocycles. The first-order chi connectivity index (χ1) is 8.79. The zero-order valence-electron chi connectivity index (χ0n) is 10.6. The van der Waals surface area contributed by atoms with Crippen LogP contribution in [-0.4, -0.2) is 42.1 Å². The largest absolute Gasteiger partial charge is 0.366 e. The number of hydrogen-bond donors (Lipinski definition) is 3. The van der Waals surface area contributed by atoms with Crippen molar-refractivity contribution in [2.75, 3.05) is 37.4 Å². The highest BCUT2D eigenvalue weighted by Crippen LogP contribution is 2.16. The first-order valence-corrected chi connectivity index (χ1v) is 5.87. The van der Waals surface area contributed by atoms with Gasteiger partial charge in [-0.25, -0.2) is 9.97 Å². The average Bonchev–Trinajstić information content (AvgIpc) is 2.89. The molecule has 6 nitrogen and oxygen atoms in total. The summed E-state index contributed by atoms with van der Waals surface area (Å²) in [5.41, 5.74) is 0.984. The summed E-state index contributed by atoms with van der Waals surface area (Å²) in [6.45, 7) is 1.82. The van der Waals surface area contributed by atoms with Crippen molar-refractivity contribution >= 4 is 17.3 Å². The molecule has 0 unspecified atom stereocenters. The first-order valence-electron chi connectivity index (χ1n) is 5.87. The minimum Gasteiger partial charge on any atom is -0.366 e. The number of H-pyrrole nitrogens is 1. The molecule has 0 aromatic carbocycles. The summed E-state index contributed by atoms with van der Waals surface area (Å²) < 4.78 is 0. The van der Waals surface area contributed by atoms with Crippen molar-refractivity contribution in [1.29, 1.82) is 0 Å². The van der Waals surface area contributed by atoms with Gasteiger partial charge >= 0.3 is 0 Å². The zero-order chi connectivity index (χ0) is 12.8. The molecule has 96 valence electrons. The van der Waals surface area contributed by atoms with E-state index in [1.165, 1.54) is 0 Å². The Kier molecular flexibility index (Phi) is 4.14. The Morgan fingerprint density at radius 1 is 1.39 bits per heavy atom. The Morgan fingerprint density at radius 2 is 2.28 bits per heavy atom.